The van der Waals surface area contributed by atoms with E-state index in [1.807, 2.05) is 21.0 Å². The van der Waals surface area contributed by atoms with E-state index in [1.165, 1.54) is 17.3 Å². The Labute approximate surface area is 164 Å². The van der Waals surface area contributed by atoms with Crippen LogP contribution >= 0.6 is 23.5 Å². The van der Waals surface area contributed by atoms with E-state index in [2.05, 4.69) is 29.2 Å². The van der Waals surface area contributed by atoms with Crippen molar-refractivity contribution in [1.29, 1.82) is 0 Å². The van der Waals surface area contributed by atoms with Crippen LogP contribution in [0.25, 0.3) is 0 Å². The Morgan fingerprint density at radius 3 is 2.27 bits per heavy atom. The van der Waals surface area contributed by atoms with Crippen molar-refractivity contribution in [3.63, 3.8) is 0 Å². The fraction of sp³-hybridized carbons (Fsp3) is 0.667. The average Bonchev–Trinajstić information content (AvgIpc) is 2.60. The topological polar surface area (TPSA) is 99.2 Å². The first-order chi connectivity index (χ1) is 12.2. The number of nitrogens with zero attached hydrogens (tertiary/aromatic N) is 1. The first kappa shape index (κ1) is 22.0. The number of hydrogen-bond acceptors (Lipinski definition) is 8. The van der Waals surface area contributed by atoms with Crippen LogP contribution in [-0.4, -0.2) is 81.7 Å². The van der Waals surface area contributed by atoms with Crippen molar-refractivity contribution in [3.05, 3.63) is 29.8 Å². The normalized spacial score (nSPS) is 31.8. The van der Waals surface area contributed by atoms with Crippen molar-refractivity contribution in [2.24, 2.45) is 5.73 Å². The van der Waals surface area contributed by atoms with Crippen LogP contribution in [0.3, 0.4) is 0 Å². The highest BCUT2D eigenvalue weighted by Crippen LogP contribution is 2.32. The van der Waals surface area contributed by atoms with Crippen LogP contribution in [0.15, 0.2) is 29.2 Å². The van der Waals surface area contributed by atoms with Gasteiger partial charge in [-0.15, -0.1) is 23.5 Å². The van der Waals surface area contributed by atoms with E-state index in [-0.39, 0.29) is 5.25 Å². The first-order valence-electron chi connectivity index (χ1n) is 8.63. The summed E-state index contributed by atoms with van der Waals surface area (Å²) in [6, 6.07) is 7.82. The fourth-order valence-corrected chi connectivity index (χ4v) is 4.70. The molecule has 148 valence electrons. The van der Waals surface area contributed by atoms with Gasteiger partial charge in [0.2, 0.25) is 0 Å². The number of aliphatic hydroxyl groups excluding tert-OH is 3. The van der Waals surface area contributed by atoms with Crippen LogP contribution in [0.4, 0.5) is 0 Å². The molecule has 7 atom stereocenters. The predicted molar refractivity (Wildman–Crippen MR) is 107 cm³/mol. The maximum atomic E-state index is 10.3. The minimum absolute atomic E-state index is 0.0423. The summed E-state index contributed by atoms with van der Waals surface area (Å²) < 4.78 is 5.77. The van der Waals surface area contributed by atoms with E-state index in [4.69, 9.17) is 10.5 Å². The summed E-state index contributed by atoms with van der Waals surface area (Å²) in [6.45, 7) is 2.86. The average molecular weight is 403 g/mol. The van der Waals surface area contributed by atoms with Gasteiger partial charge in [0.1, 0.15) is 29.9 Å². The van der Waals surface area contributed by atoms with E-state index >= 15 is 0 Å². The molecule has 0 radical (unpaired) electrons. The maximum absolute atomic E-state index is 10.3. The Kier molecular flexibility index (Phi) is 8.24. The molecule has 0 saturated carbocycles. The van der Waals surface area contributed by atoms with E-state index in [0.29, 0.717) is 0 Å². The molecule has 1 saturated heterocycles. The lowest BCUT2D eigenvalue weighted by Crippen LogP contribution is -2.62. The summed E-state index contributed by atoms with van der Waals surface area (Å²) in [5.74, 6) is 0. The van der Waals surface area contributed by atoms with Gasteiger partial charge in [0.05, 0.1) is 0 Å². The second-order valence-electron chi connectivity index (χ2n) is 6.96. The van der Waals surface area contributed by atoms with Gasteiger partial charge in [-0.25, -0.2) is 0 Å². The monoisotopic (exact) mass is 402 g/mol. The second-order valence-corrected chi connectivity index (χ2v) is 9.35. The Balaban J connectivity index is 2.00. The third-order valence-electron chi connectivity index (χ3n) is 4.50. The molecule has 1 aliphatic rings. The molecule has 8 heteroatoms. The lowest BCUT2D eigenvalue weighted by Gasteiger charge is -2.43. The van der Waals surface area contributed by atoms with Crippen LogP contribution in [-0.2, 0) is 11.3 Å². The largest absolute Gasteiger partial charge is 0.388 e. The molecule has 1 heterocycles. The van der Waals surface area contributed by atoms with E-state index in [1.54, 1.807) is 18.0 Å². The zero-order valence-corrected chi connectivity index (χ0v) is 17.3. The second kappa shape index (κ2) is 9.75. The predicted octanol–water partition coefficient (Wildman–Crippen LogP) is 0.727. The van der Waals surface area contributed by atoms with Crippen LogP contribution in [0.1, 0.15) is 12.5 Å². The third kappa shape index (κ3) is 5.36. The molecule has 0 spiro atoms. The van der Waals surface area contributed by atoms with Crippen molar-refractivity contribution in [2.45, 2.75) is 59.5 Å². The van der Waals surface area contributed by atoms with Crippen molar-refractivity contribution in [3.8, 4) is 0 Å². The molecule has 0 aromatic heterocycles. The smallest absolute Gasteiger partial charge is 0.132 e. The zero-order chi connectivity index (χ0) is 19.4. The molecule has 6 nitrogen and oxygen atoms in total. The standard InChI is InChI=1S/C18H30N2O4S2/c1-10(26-12-7-5-11(6-8-12)9-20(2)3)13(19)17-15(22)14(21)16(23)18(24-17)25-4/h5-8,10,13-18,21-23H,9,19H2,1-4H3/t10-,13+,14?,15?,16+,17+,18?/m0/s1. The molecule has 1 aromatic carbocycles. The van der Waals surface area contributed by atoms with Gasteiger partial charge in [-0.2, -0.15) is 0 Å². The molecule has 5 N–H and O–H groups in total. The zero-order valence-electron chi connectivity index (χ0n) is 15.6. The lowest BCUT2D eigenvalue weighted by molar-refractivity contribution is -0.202. The van der Waals surface area contributed by atoms with Crippen LogP contribution in [0, 0.1) is 0 Å². The fourth-order valence-electron chi connectivity index (χ4n) is 2.99. The number of nitrogens with two attached hydrogens (primary N) is 1. The molecule has 3 unspecified atom stereocenters. The number of aliphatic hydroxyl groups is 3. The highest BCUT2D eigenvalue weighted by atomic mass is 32.2. The van der Waals surface area contributed by atoms with E-state index in [9.17, 15) is 15.3 Å². The van der Waals surface area contributed by atoms with Crippen LogP contribution < -0.4 is 5.73 Å². The van der Waals surface area contributed by atoms with Gasteiger partial charge in [0.25, 0.3) is 0 Å². The molecule has 0 aliphatic carbocycles. The first-order valence-corrected chi connectivity index (χ1v) is 10.8. The highest BCUT2D eigenvalue weighted by molar-refractivity contribution is 8.00. The van der Waals surface area contributed by atoms with Crippen LogP contribution in [0.2, 0.25) is 0 Å². The Bertz CT molecular complexity index is 559. The molecular weight excluding hydrogens is 372 g/mol. The summed E-state index contributed by atoms with van der Waals surface area (Å²) >= 11 is 2.90. The Morgan fingerprint density at radius 2 is 1.73 bits per heavy atom. The Morgan fingerprint density at radius 1 is 1.12 bits per heavy atom. The quantitative estimate of drug-likeness (QED) is 0.496. The lowest BCUT2D eigenvalue weighted by atomic mass is 9.94. The van der Waals surface area contributed by atoms with Crippen molar-refractivity contribution >= 4 is 23.5 Å². The van der Waals surface area contributed by atoms with Gasteiger partial charge < -0.3 is 30.7 Å². The Hall–Kier alpha value is -0.320. The number of ether oxygens (including phenoxy) is 1. The summed E-state index contributed by atoms with van der Waals surface area (Å²) in [4.78, 5) is 3.20. The summed E-state index contributed by atoms with van der Waals surface area (Å²) in [6.07, 6.45) is -2.56. The SMILES string of the molecule is CSC1O[C@H]([C@H](N)[C@H](C)Sc2ccc(CN(C)C)cc2)C(O)C(O)[C@H]1O. The van der Waals surface area contributed by atoms with Gasteiger partial charge in [0, 0.05) is 22.7 Å². The van der Waals surface area contributed by atoms with Gasteiger partial charge in [-0.05, 0) is 38.0 Å². The molecule has 1 fully saturated rings. The van der Waals surface area contributed by atoms with Gasteiger partial charge in [0.15, 0.2) is 0 Å². The van der Waals surface area contributed by atoms with Gasteiger partial charge >= 0.3 is 0 Å². The van der Waals surface area contributed by atoms with Crippen LogP contribution in [0.5, 0.6) is 0 Å². The molecular formula is C18H30N2O4S2. The third-order valence-corrected chi connectivity index (χ3v) is 6.59. The summed E-state index contributed by atoms with van der Waals surface area (Å²) in [7, 11) is 4.07. The molecule has 2 rings (SSSR count). The van der Waals surface area contributed by atoms with E-state index in [0.717, 1.165) is 11.4 Å². The molecule has 0 bridgehead atoms. The number of hydrogen-bond donors (Lipinski definition) is 4. The number of thioether (sulfide) groups is 2. The summed E-state index contributed by atoms with van der Waals surface area (Å²) in [5, 5.41) is 30.3. The van der Waals surface area contributed by atoms with Crippen molar-refractivity contribution in [1.82, 2.24) is 4.90 Å². The number of rotatable bonds is 7. The van der Waals surface area contributed by atoms with Crippen molar-refractivity contribution < 1.29 is 20.1 Å². The van der Waals surface area contributed by atoms with Crippen molar-refractivity contribution in [2.75, 3.05) is 20.4 Å². The van der Waals surface area contributed by atoms with Gasteiger partial charge in [-0.3, -0.25) is 0 Å². The summed E-state index contributed by atoms with van der Waals surface area (Å²) in [5.41, 5.74) is 6.97. The molecule has 1 aromatic rings. The van der Waals surface area contributed by atoms with Gasteiger partial charge in [-0.1, -0.05) is 19.1 Å². The number of benzene rings is 1. The maximum Gasteiger partial charge on any atom is 0.132 e. The minimum atomic E-state index is -1.26. The molecule has 0 amide bonds. The molecule has 1 aliphatic heterocycles. The minimum Gasteiger partial charge on any atom is -0.388 e. The molecule has 26 heavy (non-hydrogen) atoms. The van der Waals surface area contributed by atoms with E-state index < -0.39 is 35.9 Å². The highest BCUT2D eigenvalue weighted by Gasteiger charge is 2.46.